The van der Waals surface area contributed by atoms with Crippen molar-refractivity contribution in [3.63, 3.8) is 0 Å². The van der Waals surface area contributed by atoms with Gasteiger partial charge in [0, 0.05) is 18.7 Å². The number of hydrogen-bond donors (Lipinski definition) is 2. The third kappa shape index (κ3) is 3.20. The molecule has 0 aliphatic heterocycles. The van der Waals surface area contributed by atoms with Crippen LogP contribution in [0.3, 0.4) is 0 Å². The van der Waals surface area contributed by atoms with Crippen molar-refractivity contribution in [2.45, 2.75) is 38.6 Å². The molecule has 1 aromatic rings. The van der Waals surface area contributed by atoms with Crippen molar-refractivity contribution in [3.05, 3.63) is 27.9 Å². The number of nitro groups is 1. The summed E-state index contributed by atoms with van der Waals surface area (Å²) in [6.07, 6.45) is 4.91. The van der Waals surface area contributed by atoms with Gasteiger partial charge in [-0.05, 0) is 31.7 Å². The molecule has 0 saturated heterocycles. The summed E-state index contributed by atoms with van der Waals surface area (Å²) in [4.78, 5) is 14.6. The highest BCUT2D eigenvalue weighted by Crippen LogP contribution is 2.29. The lowest BCUT2D eigenvalue weighted by atomic mass is 9.98. The minimum Gasteiger partial charge on any atom is -0.366 e. The van der Waals surface area contributed by atoms with Crippen LogP contribution in [0.1, 0.15) is 31.4 Å². The summed E-state index contributed by atoms with van der Waals surface area (Å²) in [5.41, 5.74) is 6.30. The highest BCUT2D eigenvalue weighted by atomic mass is 16.6. The molecule has 6 heteroatoms. The largest absolute Gasteiger partial charge is 0.366 e. The number of hydrogen-bond acceptors (Lipinski definition) is 5. The van der Waals surface area contributed by atoms with Gasteiger partial charge in [-0.15, -0.1) is 0 Å². The van der Waals surface area contributed by atoms with Crippen LogP contribution in [0.25, 0.3) is 0 Å². The molecule has 0 radical (unpaired) electrons. The summed E-state index contributed by atoms with van der Waals surface area (Å²) in [5, 5.41) is 14.1. The van der Waals surface area contributed by atoms with Crippen molar-refractivity contribution in [2.75, 3.05) is 11.9 Å². The summed E-state index contributed by atoms with van der Waals surface area (Å²) in [6, 6.07) is 3.35. The van der Waals surface area contributed by atoms with Crippen molar-refractivity contribution in [1.29, 1.82) is 0 Å². The molecule has 6 nitrogen and oxygen atoms in total. The Morgan fingerprint density at radius 1 is 1.53 bits per heavy atom. The van der Waals surface area contributed by atoms with Gasteiger partial charge in [0.15, 0.2) is 0 Å². The second-order valence-corrected chi connectivity index (χ2v) is 5.09. The summed E-state index contributed by atoms with van der Waals surface area (Å²) in [7, 11) is 0. The van der Waals surface area contributed by atoms with Gasteiger partial charge in [0.1, 0.15) is 11.5 Å². The van der Waals surface area contributed by atoms with Crippen molar-refractivity contribution >= 4 is 11.5 Å². The van der Waals surface area contributed by atoms with Gasteiger partial charge in [-0.3, -0.25) is 10.1 Å². The fourth-order valence-electron chi connectivity index (χ4n) is 2.75. The summed E-state index contributed by atoms with van der Waals surface area (Å²) in [5.74, 6) is 1.26. The Labute approximate surface area is 112 Å². The van der Waals surface area contributed by atoms with Gasteiger partial charge in [-0.25, -0.2) is 4.98 Å². The normalized spacial score (nSPS) is 17.4. The number of rotatable bonds is 5. The summed E-state index contributed by atoms with van der Waals surface area (Å²) in [6.45, 7) is 2.21. The molecule has 1 aromatic heterocycles. The second-order valence-electron chi connectivity index (χ2n) is 5.09. The molecule has 2 rings (SSSR count). The number of nitrogens with zero attached hydrogens (tertiary/aromatic N) is 2. The van der Waals surface area contributed by atoms with Gasteiger partial charge in [0.05, 0.1) is 4.92 Å². The van der Waals surface area contributed by atoms with E-state index in [2.05, 4.69) is 10.3 Å². The Hall–Kier alpha value is -1.69. The zero-order chi connectivity index (χ0) is 13.8. The summed E-state index contributed by atoms with van der Waals surface area (Å²) >= 11 is 0. The van der Waals surface area contributed by atoms with E-state index in [9.17, 15) is 10.1 Å². The molecule has 3 N–H and O–H groups in total. The Bertz CT molecular complexity index is 458. The average molecular weight is 264 g/mol. The number of anilines is 1. The highest BCUT2D eigenvalue weighted by Gasteiger charge is 2.24. The highest BCUT2D eigenvalue weighted by molar-refractivity contribution is 5.45. The Morgan fingerprint density at radius 2 is 2.21 bits per heavy atom. The van der Waals surface area contributed by atoms with Crippen LogP contribution < -0.4 is 11.1 Å². The van der Waals surface area contributed by atoms with Crippen molar-refractivity contribution in [3.8, 4) is 0 Å². The van der Waals surface area contributed by atoms with E-state index in [1.807, 2.05) is 0 Å². The van der Waals surface area contributed by atoms with Crippen LogP contribution in [0.2, 0.25) is 0 Å². The van der Waals surface area contributed by atoms with Gasteiger partial charge in [-0.1, -0.05) is 12.8 Å². The Kier molecular flexibility index (Phi) is 4.31. The SMILES string of the molecule is Cc1nc(NC(CN)C2CCCC2)ccc1[N+](=O)[O-]. The molecule has 104 valence electrons. The van der Waals surface area contributed by atoms with Crippen LogP contribution in [0.15, 0.2) is 12.1 Å². The third-order valence-corrected chi connectivity index (χ3v) is 3.81. The summed E-state index contributed by atoms with van der Waals surface area (Å²) < 4.78 is 0. The Morgan fingerprint density at radius 3 is 2.74 bits per heavy atom. The van der Waals surface area contributed by atoms with E-state index in [4.69, 9.17) is 5.73 Å². The monoisotopic (exact) mass is 264 g/mol. The first kappa shape index (κ1) is 13.7. The third-order valence-electron chi connectivity index (χ3n) is 3.81. The van der Waals surface area contributed by atoms with E-state index >= 15 is 0 Å². The topological polar surface area (TPSA) is 94.1 Å². The first-order valence-corrected chi connectivity index (χ1v) is 6.70. The maximum Gasteiger partial charge on any atom is 0.290 e. The fourth-order valence-corrected chi connectivity index (χ4v) is 2.75. The fraction of sp³-hybridized carbons (Fsp3) is 0.615. The van der Waals surface area contributed by atoms with Gasteiger partial charge in [0.2, 0.25) is 0 Å². The number of nitrogens with two attached hydrogens (primary N) is 1. The molecule has 1 aliphatic carbocycles. The quantitative estimate of drug-likeness (QED) is 0.628. The first-order valence-electron chi connectivity index (χ1n) is 6.70. The molecular weight excluding hydrogens is 244 g/mol. The maximum absolute atomic E-state index is 10.7. The molecular formula is C13H20N4O2. The molecule has 0 bridgehead atoms. The number of aryl methyl sites for hydroxylation is 1. The van der Waals surface area contributed by atoms with Crippen molar-refractivity contribution in [1.82, 2.24) is 4.98 Å². The first-order chi connectivity index (χ1) is 9.11. The molecule has 1 saturated carbocycles. The lowest BCUT2D eigenvalue weighted by molar-refractivity contribution is -0.385. The van der Waals surface area contributed by atoms with E-state index < -0.39 is 4.92 Å². The minimum absolute atomic E-state index is 0.0516. The van der Waals surface area contributed by atoms with Crippen LogP contribution in [-0.2, 0) is 0 Å². The van der Waals surface area contributed by atoms with Gasteiger partial charge < -0.3 is 11.1 Å². The molecule has 1 heterocycles. The standard InChI is InChI=1S/C13H20N4O2/c1-9-12(17(18)19)6-7-13(15-9)16-11(8-14)10-4-2-3-5-10/h6-7,10-11H,2-5,8,14H2,1H3,(H,15,16). The van der Waals surface area contributed by atoms with Gasteiger partial charge in [0.25, 0.3) is 5.69 Å². The van der Waals surface area contributed by atoms with E-state index in [-0.39, 0.29) is 11.7 Å². The average Bonchev–Trinajstić information content (AvgIpc) is 2.89. The van der Waals surface area contributed by atoms with E-state index in [1.165, 1.54) is 31.7 Å². The number of pyridine rings is 1. The van der Waals surface area contributed by atoms with Crippen LogP contribution in [0.5, 0.6) is 0 Å². The van der Waals surface area contributed by atoms with E-state index in [1.54, 1.807) is 13.0 Å². The Balaban J connectivity index is 2.09. The molecule has 1 atom stereocenters. The number of nitrogens with one attached hydrogen (secondary N) is 1. The molecule has 1 aliphatic rings. The predicted molar refractivity (Wildman–Crippen MR) is 74.1 cm³/mol. The van der Waals surface area contributed by atoms with Crippen LogP contribution in [0, 0.1) is 23.0 Å². The van der Waals surface area contributed by atoms with Crippen LogP contribution in [0.4, 0.5) is 11.5 Å². The number of aromatic nitrogens is 1. The molecule has 1 unspecified atom stereocenters. The second kappa shape index (κ2) is 5.97. The van der Waals surface area contributed by atoms with Crippen molar-refractivity contribution < 1.29 is 4.92 Å². The van der Waals surface area contributed by atoms with E-state index in [0.29, 0.717) is 24.0 Å². The molecule has 0 spiro atoms. The maximum atomic E-state index is 10.7. The predicted octanol–water partition coefficient (Wildman–Crippen LogP) is 2.23. The minimum atomic E-state index is -0.413. The molecule has 19 heavy (non-hydrogen) atoms. The van der Waals surface area contributed by atoms with Gasteiger partial charge >= 0.3 is 0 Å². The van der Waals surface area contributed by atoms with Crippen LogP contribution in [-0.4, -0.2) is 22.5 Å². The zero-order valence-electron chi connectivity index (χ0n) is 11.1. The van der Waals surface area contributed by atoms with Gasteiger partial charge in [-0.2, -0.15) is 0 Å². The molecule has 0 aromatic carbocycles. The molecule has 1 fully saturated rings. The van der Waals surface area contributed by atoms with Crippen LogP contribution >= 0.6 is 0 Å². The van der Waals surface area contributed by atoms with Crippen molar-refractivity contribution in [2.24, 2.45) is 11.7 Å². The smallest absolute Gasteiger partial charge is 0.290 e. The lowest BCUT2D eigenvalue weighted by Gasteiger charge is -2.23. The zero-order valence-corrected chi connectivity index (χ0v) is 11.1. The molecule has 0 amide bonds. The van der Waals surface area contributed by atoms with E-state index in [0.717, 1.165) is 0 Å². The lowest BCUT2D eigenvalue weighted by Crippen LogP contribution is -2.35.